The number of hydrogen-bond acceptors (Lipinski definition) is 5. The van der Waals surface area contributed by atoms with E-state index in [9.17, 15) is 19.8 Å². The van der Waals surface area contributed by atoms with Gasteiger partial charge in [0.25, 0.3) is 0 Å². The van der Waals surface area contributed by atoms with Gasteiger partial charge in [-0.3, -0.25) is 9.59 Å². The molecule has 5 nitrogen and oxygen atoms in total. The molecule has 5 aliphatic carbocycles. The molecule has 0 aromatic carbocycles. The van der Waals surface area contributed by atoms with E-state index in [0.29, 0.717) is 42.3 Å². The van der Waals surface area contributed by atoms with Gasteiger partial charge in [0.15, 0.2) is 0 Å². The number of aliphatic hydroxyl groups excluding tert-OH is 1. The van der Waals surface area contributed by atoms with Gasteiger partial charge >= 0.3 is 5.97 Å². The van der Waals surface area contributed by atoms with Gasteiger partial charge in [0.1, 0.15) is 11.9 Å². The van der Waals surface area contributed by atoms with Crippen LogP contribution >= 0.6 is 0 Å². The summed E-state index contributed by atoms with van der Waals surface area (Å²) in [5, 5.41) is 23.3. The maximum atomic E-state index is 13.2. The third kappa shape index (κ3) is 2.70. The van der Waals surface area contributed by atoms with Crippen molar-refractivity contribution in [3.8, 4) is 0 Å². The summed E-state index contributed by atoms with van der Waals surface area (Å²) in [6.07, 6.45) is 9.06. The molecule has 0 spiro atoms. The molecule has 0 unspecified atom stereocenters. The van der Waals surface area contributed by atoms with Crippen LogP contribution in [0.2, 0.25) is 0 Å². The number of rotatable bonds is 2. The van der Waals surface area contributed by atoms with Gasteiger partial charge in [0.2, 0.25) is 0 Å². The minimum Gasteiger partial charge on any atom is -0.462 e. The molecule has 0 aromatic heterocycles. The molecule has 0 bridgehead atoms. The number of Topliss-reactive ketones (excluding diaryl/α,β-unsaturated/α-hetero) is 1. The lowest BCUT2D eigenvalue weighted by atomic mass is 9.41. The number of hydrogen-bond donors (Lipinski definition) is 2. The van der Waals surface area contributed by atoms with Crippen molar-refractivity contribution in [3.63, 3.8) is 0 Å². The van der Waals surface area contributed by atoms with Crippen LogP contribution in [-0.4, -0.2) is 39.8 Å². The highest BCUT2D eigenvalue weighted by molar-refractivity contribution is 5.84. The van der Waals surface area contributed by atoms with Gasteiger partial charge in [-0.2, -0.15) is 0 Å². The molecule has 0 aliphatic heterocycles. The van der Waals surface area contributed by atoms with E-state index in [-0.39, 0.29) is 28.3 Å². The van der Waals surface area contributed by atoms with Crippen molar-refractivity contribution in [2.45, 2.75) is 116 Å². The highest BCUT2D eigenvalue weighted by atomic mass is 16.5. The molecule has 5 heteroatoms. The quantitative estimate of drug-likeness (QED) is 0.614. The number of esters is 1. The smallest absolute Gasteiger partial charge is 0.302 e. The first-order chi connectivity index (χ1) is 15.0. The highest BCUT2D eigenvalue weighted by Gasteiger charge is 2.72. The van der Waals surface area contributed by atoms with Crippen molar-refractivity contribution >= 4 is 11.8 Å². The Kier molecular flexibility index (Phi) is 5.19. The van der Waals surface area contributed by atoms with Crippen LogP contribution in [0.3, 0.4) is 0 Å². The van der Waals surface area contributed by atoms with E-state index in [2.05, 4.69) is 13.8 Å². The Labute approximate surface area is 192 Å². The first kappa shape index (κ1) is 22.8. The summed E-state index contributed by atoms with van der Waals surface area (Å²) < 4.78 is 5.48. The Bertz CT molecular complexity index is 810. The largest absolute Gasteiger partial charge is 0.462 e. The summed E-state index contributed by atoms with van der Waals surface area (Å²) in [5.41, 5.74) is -1.78. The monoisotopic (exact) mass is 446 g/mol. The maximum Gasteiger partial charge on any atom is 0.302 e. The van der Waals surface area contributed by atoms with Crippen LogP contribution < -0.4 is 0 Å². The molecule has 5 saturated carbocycles. The molecule has 32 heavy (non-hydrogen) atoms. The average molecular weight is 447 g/mol. The topological polar surface area (TPSA) is 83.8 Å². The fraction of sp³-hybridized carbons (Fsp3) is 0.926. The fourth-order valence-electron chi connectivity index (χ4n) is 10.4. The van der Waals surface area contributed by atoms with Gasteiger partial charge in [-0.05, 0) is 87.4 Å². The molecule has 10 atom stereocenters. The predicted octanol–water partition coefficient (Wildman–Crippen LogP) is 4.42. The third-order valence-corrected chi connectivity index (χ3v) is 11.8. The lowest BCUT2D eigenvalue weighted by Crippen LogP contribution is -2.69. The summed E-state index contributed by atoms with van der Waals surface area (Å²) in [6, 6.07) is 0. The van der Waals surface area contributed by atoms with Gasteiger partial charge in [-0.25, -0.2) is 0 Å². The lowest BCUT2D eigenvalue weighted by Gasteiger charge is -2.66. The van der Waals surface area contributed by atoms with Crippen LogP contribution in [0, 0.1) is 39.9 Å². The predicted molar refractivity (Wildman–Crippen MR) is 121 cm³/mol. The summed E-state index contributed by atoms with van der Waals surface area (Å²) in [4.78, 5) is 24.8. The van der Waals surface area contributed by atoms with E-state index in [1.165, 1.54) is 13.3 Å². The molecule has 2 N–H and O–H groups in total. The zero-order valence-electron chi connectivity index (χ0n) is 20.4. The Balaban J connectivity index is 1.49. The second-order valence-electron chi connectivity index (χ2n) is 12.6. The summed E-state index contributed by atoms with van der Waals surface area (Å²) in [7, 11) is 0. The Morgan fingerprint density at radius 3 is 2.31 bits per heavy atom. The average Bonchev–Trinajstić information content (AvgIpc) is 3.00. The van der Waals surface area contributed by atoms with E-state index in [1.807, 2.05) is 6.92 Å². The fourth-order valence-corrected chi connectivity index (χ4v) is 10.4. The van der Waals surface area contributed by atoms with E-state index < -0.39 is 11.7 Å². The van der Waals surface area contributed by atoms with Gasteiger partial charge in [-0.15, -0.1) is 0 Å². The van der Waals surface area contributed by atoms with E-state index in [1.54, 1.807) is 0 Å². The minimum atomic E-state index is -1.22. The third-order valence-electron chi connectivity index (χ3n) is 11.8. The van der Waals surface area contributed by atoms with Crippen LogP contribution in [0.1, 0.15) is 98.3 Å². The SMILES string of the molecule is CC(=O)O[C@H]1CC[C@]2(C)[C@H]3CC[C@@]4(C)[C@@H](C[C@@H]5CCCC[C@@]54C(C)=O)[C@@H]3C[C@H](O)[C@@]2(O)C1. The molecule has 5 rings (SSSR count). The molecule has 0 amide bonds. The van der Waals surface area contributed by atoms with Crippen molar-refractivity contribution in [3.05, 3.63) is 0 Å². The van der Waals surface area contributed by atoms with Gasteiger partial charge in [0.05, 0.1) is 11.7 Å². The lowest BCUT2D eigenvalue weighted by molar-refractivity contribution is -0.267. The number of ether oxygens (including phenoxy) is 1. The number of fused-ring (bicyclic) bond motifs is 7. The van der Waals surface area contributed by atoms with E-state index in [4.69, 9.17) is 4.74 Å². The molecule has 5 fully saturated rings. The first-order valence-electron chi connectivity index (χ1n) is 13.1. The Morgan fingerprint density at radius 2 is 1.62 bits per heavy atom. The second kappa shape index (κ2) is 7.28. The van der Waals surface area contributed by atoms with Crippen molar-refractivity contribution in [2.24, 2.45) is 39.9 Å². The van der Waals surface area contributed by atoms with Crippen LogP contribution in [-0.2, 0) is 14.3 Å². The normalized spacial score (nSPS) is 54.6. The van der Waals surface area contributed by atoms with Crippen LogP contribution in [0.5, 0.6) is 0 Å². The molecular formula is C27H42O5. The molecule has 0 aromatic rings. The van der Waals surface area contributed by atoms with Crippen molar-refractivity contribution in [1.29, 1.82) is 0 Å². The zero-order chi connectivity index (χ0) is 23.1. The Hall–Kier alpha value is -0.940. The van der Waals surface area contributed by atoms with Crippen LogP contribution in [0.4, 0.5) is 0 Å². The number of ketones is 1. The molecule has 180 valence electrons. The summed E-state index contributed by atoms with van der Waals surface area (Å²) >= 11 is 0. The molecule has 5 aliphatic rings. The molecular weight excluding hydrogens is 404 g/mol. The Morgan fingerprint density at radius 1 is 0.906 bits per heavy atom. The minimum absolute atomic E-state index is 0.00552. The van der Waals surface area contributed by atoms with Crippen molar-refractivity contribution < 1.29 is 24.5 Å². The van der Waals surface area contributed by atoms with Gasteiger partial charge in [-0.1, -0.05) is 26.7 Å². The van der Waals surface area contributed by atoms with Gasteiger partial charge < -0.3 is 14.9 Å². The number of carbonyl (C=O) groups excluding carboxylic acids is 2. The number of aliphatic hydroxyl groups is 2. The summed E-state index contributed by atoms with van der Waals surface area (Å²) in [6.45, 7) is 7.83. The van der Waals surface area contributed by atoms with Crippen molar-refractivity contribution in [1.82, 2.24) is 0 Å². The van der Waals surface area contributed by atoms with Crippen LogP contribution in [0.25, 0.3) is 0 Å². The molecule has 0 radical (unpaired) electrons. The number of carbonyl (C=O) groups is 2. The second-order valence-corrected chi connectivity index (χ2v) is 12.6. The van der Waals surface area contributed by atoms with Crippen LogP contribution in [0.15, 0.2) is 0 Å². The van der Waals surface area contributed by atoms with Gasteiger partial charge in [0, 0.05) is 24.2 Å². The van der Waals surface area contributed by atoms with E-state index >= 15 is 0 Å². The zero-order valence-corrected chi connectivity index (χ0v) is 20.4. The molecule has 0 heterocycles. The summed E-state index contributed by atoms with van der Waals surface area (Å²) in [5.74, 6) is 1.69. The van der Waals surface area contributed by atoms with E-state index in [0.717, 1.165) is 51.4 Å². The first-order valence-corrected chi connectivity index (χ1v) is 13.1. The molecule has 0 saturated heterocycles. The highest BCUT2D eigenvalue weighted by Crippen LogP contribution is 2.74. The standard InChI is InChI=1S/C27H42O5/c1-16(28)26-10-6-5-7-18(26)13-22-20-14-23(30)27(31)15-19(32-17(2)29)8-11-25(27,4)21(20)9-12-24(22,26)3/h18-23,30-31H,5-15H2,1-4H3/t18-,19-,20+,21-,22-,23-,24-,25+,26+,27-/m0/s1. The maximum absolute atomic E-state index is 13.2. The van der Waals surface area contributed by atoms with Crippen molar-refractivity contribution in [2.75, 3.05) is 0 Å².